The molecule has 0 aliphatic carbocycles. The van der Waals surface area contributed by atoms with Gasteiger partial charge in [0.1, 0.15) is 6.04 Å². The molecule has 1 radical (unpaired) electrons. The zero-order chi connectivity index (χ0) is 11.9. The molecule has 0 saturated heterocycles. The van der Waals surface area contributed by atoms with Crippen molar-refractivity contribution in [3.63, 3.8) is 0 Å². The van der Waals surface area contributed by atoms with E-state index in [0.29, 0.717) is 0 Å². The van der Waals surface area contributed by atoms with Gasteiger partial charge < -0.3 is 0 Å². The van der Waals surface area contributed by atoms with Gasteiger partial charge in [-0.1, -0.05) is 13.8 Å². The zero-order valence-corrected chi connectivity index (χ0v) is 10.1. The molecular weight excluding hydrogens is 218 g/mol. The lowest BCUT2D eigenvalue weighted by molar-refractivity contribution is 0.194. The summed E-state index contributed by atoms with van der Waals surface area (Å²) in [7, 11) is -3.27. The van der Waals surface area contributed by atoms with Crippen LogP contribution in [0.2, 0.25) is 0 Å². The Kier molecular flexibility index (Phi) is 6.66. The van der Waals surface area contributed by atoms with Gasteiger partial charge >= 0.3 is 0 Å². The van der Waals surface area contributed by atoms with Crippen LogP contribution in [0.4, 0.5) is 0 Å². The summed E-state index contributed by atoms with van der Waals surface area (Å²) in [5, 5.41) is 1.81. The van der Waals surface area contributed by atoms with E-state index in [4.69, 9.17) is 0 Å². The summed E-state index contributed by atoms with van der Waals surface area (Å²) in [4.78, 5) is 10.5. The summed E-state index contributed by atoms with van der Waals surface area (Å²) >= 11 is 0. The van der Waals surface area contributed by atoms with Crippen LogP contribution in [0.3, 0.4) is 0 Å². The topological polar surface area (TPSA) is 78.5 Å². The predicted octanol–water partition coefficient (Wildman–Crippen LogP) is -1.14. The molecule has 0 aromatic carbocycles. The second-order valence-corrected chi connectivity index (χ2v) is 4.93. The van der Waals surface area contributed by atoms with E-state index in [0.717, 1.165) is 19.3 Å². The van der Waals surface area contributed by atoms with Gasteiger partial charge in [-0.15, -0.1) is 0 Å². The van der Waals surface area contributed by atoms with Gasteiger partial charge in [0, 0.05) is 19.6 Å². The molecular formula is C8H18N3O3S. The average molecular weight is 236 g/mol. The zero-order valence-electron chi connectivity index (χ0n) is 9.28. The largest absolute Gasteiger partial charge is 0.289 e. The number of hydrogen-bond acceptors (Lipinski definition) is 5. The van der Waals surface area contributed by atoms with Gasteiger partial charge in [-0.05, 0) is 0 Å². The van der Waals surface area contributed by atoms with Crippen molar-refractivity contribution in [2.75, 3.05) is 25.9 Å². The highest BCUT2D eigenvalue weighted by atomic mass is 32.2. The van der Waals surface area contributed by atoms with Crippen LogP contribution in [0, 0.1) is 0 Å². The molecule has 0 rings (SSSR count). The molecule has 7 heteroatoms. The van der Waals surface area contributed by atoms with Crippen LogP contribution in [0.15, 0.2) is 0 Å². The Bertz CT molecular complexity index is 275. The van der Waals surface area contributed by atoms with Gasteiger partial charge in [0.25, 0.3) is 0 Å². The van der Waals surface area contributed by atoms with Gasteiger partial charge in [-0.25, -0.2) is 23.6 Å². The van der Waals surface area contributed by atoms with Crippen LogP contribution in [0.1, 0.15) is 13.8 Å². The minimum absolute atomic E-state index is 0.0127. The van der Waals surface area contributed by atoms with Gasteiger partial charge in [0.15, 0.2) is 0 Å². The van der Waals surface area contributed by atoms with E-state index in [1.54, 1.807) is 11.3 Å². The molecule has 0 aliphatic rings. The Morgan fingerprint density at radius 3 is 2.20 bits per heavy atom. The van der Waals surface area contributed by atoms with Crippen LogP contribution in [-0.4, -0.2) is 51.6 Å². The van der Waals surface area contributed by atoms with Crippen LogP contribution in [-0.2, 0) is 14.8 Å². The minimum Gasteiger partial charge on any atom is -0.289 e. The van der Waals surface area contributed by atoms with Gasteiger partial charge in [-0.2, -0.15) is 0 Å². The second-order valence-electron chi connectivity index (χ2n) is 3.09. The van der Waals surface area contributed by atoms with Crippen molar-refractivity contribution in [2.45, 2.75) is 19.9 Å². The third-order valence-electron chi connectivity index (χ3n) is 1.79. The number of sulfonamides is 1. The SMILES string of the molecule is CCN(CC)NC([C]=O)CNS(C)(=O)=O. The minimum atomic E-state index is -3.27. The Hall–Kier alpha value is -0.500. The quantitative estimate of drug-likeness (QED) is 0.521. The van der Waals surface area contributed by atoms with Gasteiger partial charge in [0.2, 0.25) is 16.3 Å². The maximum atomic E-state index is 10.8. The third-order valence-corrected chi connectivity index (χ3v) is 2.48. The first-order valence-electron chi connectivity index (χ1n) is 4.76. The van der Waals surface area contributed by atoms with Crippen molar-refractivity contribution in [3.05, 3.63) is 0 Å². The summed E-state index contributed by atoms with van der Waals surface area (Å²) in [6, 6.07) is -0.653. The molecule has 6 nitrogen and oxygen atoms in total. The van der Waals surface area contributed by atoms with E-state index < -0.39 is 16.1 Å². The Morgan fingerprint density at radius 1 is 1.33 bits per heavy atom. The van der Waals surface area contributed by atoms with Crippen molar-refractivity contribution in [3.8, 4) is 0 Å². The van der Waals surface area contributed by atoms with Crippen molar-refractivity contribution >= 4 is 16.3 Å². The lowest BCUT2D eigenvalue weighted by Crippen LogP contribution is -2.50. The Balaban J connectivity index is 4.08. The van der Waals surface area contributed by atoms with Gasteiger partial charge in [0.05, 0.1) is 6.26 Å². The molecule has 0 aromatic heterocycles. The number of nitrogens with zero attached hydrogens (tertiary/aromatic N) is 1. The summed E-state index contributed by atoms with van der Waals surface area (Å²) < 4.78 is 23.8. The van der Waals surface area contributed by atoms with Crippen molar-refractivity contribution in [1.29, 1.82) is 0 Å². The van der Waals surface area contributed by atoms with Crippen LogP contribution < -0.4 is 10.1 Å². The summed E-state index contributed by atoms with van der Waals surface area (Å²) in [5.74, 6) is 0. The lowest BCUT2D eigenvalue weighted by Gasteiger charge is -2.23. The van der Waals surface area contributed by atoms with Crippen LogP contribution in [0.25, 0.3) is 0 Å². The maximum Gasteiger partial charge on any atom is 0.219 e. The van der Waals surface area contributed by atoms with E-state index in [1.807, 2.05) is 13.8 Å². The number of carbonyl (C=O) groups excluding carboxylic acids is 1. The molecule has 0 amide bonds. The number of hydrogen-bond donors (Lipinski definition) is 2. The molecule has 0 aromatic rings. The monoisotopic (exact) mass is 236 g/mol. The van der Waals surface area contributed by atoms with E-state index in [1.165, 1.54) is 0 Å². The Labute approximate surface area is 91.0 Å². The molecule has 0 bridgehead atoms. The fraction of sp³-hybridized carbons (Fsp3) is 0.875. The standard InChI is InChI=1S/C8H18N3O3S/c1-4-11(5-2)10-8(7-12)6-9-15(3,13)14/h8-10H,4-6H2,1-3H3. The summed E-state index contributed by atoms with van der Waals surface area (Å²) in [6.45, 7) is 5.34. The molecule has 0 heterocycles. The number of nitrogens with one attached hydrogen (secondary N) is 2. The van der Waals surface area contributed by atoms with E-state index in [2.05, 4.69) is 10.1 Å². The summed E-state index contributed by atoms with van der Waals surface area (Å²) in [6.07, 6.45) is 2.79. The first-order valence-corrected chi connectivity index (χ1v) is 6.65. The highest BCUT2D eigenvalue weighted by Gasteiger charge is 2.13. The molecule has 2 N–H and O–H groups in total. The normalized spacial score (nSPS) is 14.1. The molecule has 0 fully saturated rings. The molecule has 0 saturated carbocycles. The first kappa shape index (κ1) is 14.5. The maximum absolute atomic E-state index is 10.8. The first-order chi connectivity index (χ1) is 6.92. The molecule has 0 aliphatic heterocycles. The van der Waals surface area contributed by atoms with E-state index in [-0.39, 0.29) is 6.54 Å². The molecule has 1 unspecified atom stereocenters. The van der Waals surface area contributed by atoms with E-state index in [9.17, 15) is 13.2 Å². The molecule has 0 spiro atoms. The van der Waals surface area contributed by atoms with Crippen LogP contribution in [0.5, 0.6) is 0 Å². The molecule has 89 valence electrons. The highest BCUT2D eigenvalue weighted by Crippen LogP contribution is 1.85. The van der Waals surface area contributed by atoms with Crippen molar-refractivity contribution in [1.82, 2.24) is 15.2 Å². The number of hydrazine groups is 1. The fourth-order valence-electron chi connectivity index (χ4n) is 0.975. The summed E-state index contributed by atoms with van der Waals surface area (Å²) in [5.41, 5.74) is 2.86. The van der Waals surface area contributed by atoms with Crippen LogP contribution >= 0.6 is 0 Å². The Morgan fingerprint density at radius 2 is 1.87 bits per heavy atom. The van der Waals surface area contributed by atoms with Crippen molar-refractivity contribution < 1.29 is 13.2 Å². The molecule has 15 heavy (non-hydrogen) atoms. The predicted molar refractivity (Wildman–Crippen MR) is 58.4 cm³/mol. The third kappa shape index (κ3) is 7.43. The molecule has 1 atom stereocenters. The van der Waals surface area contributed by atoms with Gasteiger partial charge in [-0.3, -0.25) is 4.79 Å². The fourth-order valence-corrected chi connectivity index (χ4v) is 1.44. The number of rotatable bonds is 8. The van der Waals surface area contributed by atoms with Crippen molar-refractivity contribution in [2.24, 2.45) is 0 Å². The lowest BCUT2D eigenvalue weighted by atomic mass is 10.3. The smallest absolute Gasteiger partial charge is 0.219 e. The second kappa shape index (κ2) is 6.89. The average Bonchev–Trinajstić information content (AvgIpc) is 2.17. The van der Waals surface area contributed by atoms with E-state index >= 15 is 0 Å². The highest BCUT2D eigenvalue weighted by molar-refractivity contribution is 7.88.